The van der Waals surface area contributed by atoms with Gasteiger partial charge in [-0.1, -0.05) is 56.3 Å². The molecule has 2 unspecified atom stereocenters. The predicted molar refractivity (Wildman–Crippen MR) is 154 cm³/mol. The van der Waals surface area contributed by atoms with Crippen LogP contribution in [0.2, 0.25) is 0 Å². The maximum Gasteiger partial charge on any atom is 0.257 e. The second-order valence-electron chi connectivity index (χ2n) is 9.67. The normalized spacial score (nSPS) is 16.0. The van der Waals surface area contributed by atoms with Crippen LogP contribution in [0.4, 0.5) is 0 Å². The number of benzene rings is 2. The molecule has 0 spiro atoms. The summed E-state index contributed by atoms with van der Waals surface area (Å²) in [5.41, 5.74) is 3.79. The van der Waals surface area contributed by atoms with E-state index in [4.69, 9.17) is 9.47 Å². The highest BCUT2D eigenvalue weighted by Gasteiger charge is 2.29. The zero-order valence-electron chi connectivity index (χ0n) is 23.4. The number of rotatable bonds is 13. The summed E-state index contributed by atoms with van der Waals surface area (Å²) in [5, 5.41) is 3.21. The van der Waals surface area contributed by atoms with Gasteiger partial charge < -0.3 is 24.6 Å². The number of methoxy groups -OCH3 is 1. The van der Waals surface area contributed by atoms with Crippen LogP contribution in [0.1, 0.15) is 43.9 Å². The minimum Gasteiger partial charge on any atom is -0.486 e. The summed E-state index contributed by atoms with van der Waals surface area (Å²) in [6.45, 7) is 10.8. The van der Waals surface area contributed by atoms with Gasteiger partial charge in [-0.3, -0.25) is 4.79 Å². The fourth-order valence-corrected chi connectivity index (χ4v) is 4.57. The van der Waals surface area contributed by atoms with Gasteiger partial charge in [-0.25, -0.2) is 4.99 Å². The number of likely N-dealkylation sites (N-methyl/N-ethyl adjacent to an activating group) is 1. The van der Waals surface area contributed by atoms with E-state index in [0.29, 0.717) is 18.7 Å². The molecule has 0 saturated heterocycles. The lowest BCUT2D eigenvalue weighted by molar-refractivity contribution is -0.126. The lowest BCUT2D eigenvalue weighted by Crippen LogP contribution is -2.34. The Kier molecular flexibility index (Phi) is 11.0. The summed E-state index contributed by atoms with van der Waals surface area (Å²) >= 11 is 0. The Morgan fingerprint density at radius 1 is 1.16 bits per heavy atom. The van der Waals surface area contributed by atoms with Crippen LogP contribution in [0.3, 0.4) is 0 Å². The Hall–Kier alpha value is -3.58. The molecule has 7 nitrogen and oxygen atoms in total. The number of ether oxygens (including phenoxy) is 2. The van der Waals surface area contributed by atoms with Gasteiger partial charge in [0.1, 0.15) is 11.9 Å². The molecule has 3 rings (SSSR count). The number of amides is 1. The number of aliphatic imine (C=N–C) groups is 1. The summed E-state index contributed by atoms with van der Waals surface area (Å²) in [5.74, 6) is 1.27. The lowest BCUT2D eigenvalue weighted by Gasteiger charge is -2.26. The van der Waals surface area contributed by atoms with E-state index in [1.54, 1.807) is 6.21 Å². The number of hydrogen-bond acceptors (Lipinski definition) is 6. The molecule has 2 aromatic carbocycles. The first-order valence-corrected chi connectivity index (χ1v) is 13.3. The molecule has 0 radical (unpaired) electrons. The highest BCUT2D eigenvalue weighted by atomic mass is 16.5. The first-order chi connectivity index (χ1) is 18.4. The van der Waals surface area contributed by atoms with Gasteiger partial charge >= 0.3 is 0 Å². The van der Waals surface area contributed by atoms with Crippen molar-refractivity contribution in [2.24, 2.45) is 10.9 Å². The molecule has 2 aromatic rings. The average molecular weight is 519 g/mol. The van der Waals surface area contributed by atoms with Crippen molar-refractivity contribution in [3.8, 4) is 5.75 Å². The van der Waals surface area contributed by atoms with E-state index in [1.807, 2.05) is 61.5 Å². The SMILES string of the molecule is C=C(/N=C\C1=C(C(C)CC)N(C)CCN(Cc2ccc(OC(CCNC)c3ccccc3)cc2)C1=O)OC. The van der Waals surface area contributed by atoms with Crippen LogP contribution in [0.25, 0.3) is 0 Å². The largest absolute Gasteiger partial charge is 0.486 e. The van der Waals surface area contributed by atoms with E-state index in [1.165, 1.54) is 7.11 Å². The number of hydrogen-bond donors (Lipinski definition) is 1. The third kappa shape index (κ3) is 7.71. The molecule has 0 bridgehead atoms. The van der Waals surface area contributed by atoms with Crippen molar-refractivity contribution in [1.29, 1.82) is 0 Å². The lowest BCUT2D eigenvalue weighted by atomic mass is 9.98. The van der Waals surface area contributed by atoms with Crippen LogP contribution in [0.15, 0.2) is 83.3 Å². The summed E-state index contributed by atoms with van der Waals surface area (Å²) < 4.78 is 11.5. The Labute approximate surface area is 227 Å². The molecular weight excluding hydrogens is 476 g/mol. The molecule has 0 aromatic heterocycles. The molecule has 1 amide bonds. The molecule has 0 aliphatic carbocycles. The monoisotopic (exact) mass is 518 g/mol. The molecule has 7 heteroatoms. The van der Waals surface area contributed by atoms with Crippen LogP contribution in [0, 0.1) is 5.92 Å². The zero-order valence-corrected chi connectivity index (χ0v) is 23.4. The fourth-order valence-electron chi connectivity index (χ4n) is 4.57. The van der Waals surface area contributed by atoms with Crippen molar-refractivity contribution in [1.82, 2.24) is 15.1 Å². The Balaban J connectivity index is 1.79. The summed E-state index contributed by atoms with van der Waals surface area (Å²) in [6, 6.07) is 18.3. The van der Waals surface area contributed by atoms with E-state index >= 15 is 0 Å². The maximum absolute atomic E-state index is 13.7. The van der Waals surface area contributed by atoms with Crippen LogP contribution < -0.4 is 10.1 Å². The molecule has 204 valence electrons. The minimum absolute atomic E-state index is 0.0335. The standard InChI is InChI=1S/C31H42N4O3/c1-7-23(2)30-28(21-33-24(3)37-6)31(36)35(20-19-34(30)5)22-25-13-15-27(16-14-25)38-29(17-18-32-4)26-11-9-8-10-12-26/h8-16,21,23,29,32H,3,7,17-20,22H2,1-2,4-6H3/b33-21-. The third-order valence-corrected chi connectivity index (χ3v) is 6.97. The molecule has 1 aliphatic heterocycles. The number of carbonyl (C=O) groups is 1. The maximum atomic E-state index is 13.7. The van der Waals surface area contributed by atoms with E-state index < -0.39 is 0 Å². The van der Waals surface area contributed by atoms with E-state index in [-0.39, 0.29) is 23.8 Å². The first-order valence-electron chi connectivity index (χ1n) is 13.3. The van der Waals surface area contributed by atoms with Gasteiger partial charge in [0.2, 0.25) is 5.88 Å². The van der Waals surface area contributed by atoms with Gasteiger partial charge in [-0.05, 0) is 55.8 Å². The Bertz CT molecular complexity index is 1110. The molecule has 38 heavy (non-hydrogen) atoms. The second kappa shape index (κ2) is 14.4. The molecule has 2 atom stereocenters. The van der Waals surface area contributed by atoms with Crippen molar-refractivity contribution >= 4 is 12.1 Å². The van der Waals surface area contributed by atoms with E-state index in [2.05, 4.69) is 47.8 Å². The summed E-state index contributed by atoms with van der Waals surface area (Å²) in [6.07, 6.45) is 3.36. The average Bonchev–Trinajstić information content (AvgIpc) is 3.06. The molecule has 1 heterocycles. The summed E-state index contributed by atoms with van der Waals surface area (Å²) in [7, 11) is 5.51. The van der Waals surface area contributed by atoms with Crippen molar-refractivity contribution in [3.05, 3.63) is 89.5 Å². The number of allylic oxidation sites excluding steroid dienone is 1. The van der Waals surface area contributed by atoms with Gasteiger partial charge in [0, 0.05) is 45.0 Å². The summed E-state index contributed by atoms with van der Waals surface area (Å²) in [4.78, 5) is 22.1. The van der Waals surface area contributed by atoms with Gasteiger partial charge in [0.15, 0.2) is 0 Å². The topological polar surface area (TPSA) is 66.4 Å². The molecule has 0 fully saturated rings. The van der Waals surface area contributed by atoms with Crippen LogP contribution >= 0.6 is 0 Å². The van der Waals surface area contributed by atoms with E-state index in [9.17, 15) is 4.79 Å². The first kappa shape index (κ1) is 29.0. The van der Waals surface area contributed by atoms with Gasteiger partial charge in [0.05, 0.1) is 12.7 Å². The number of nitrogens with one attached hydrogen (secondary N) is 1. The predicted octanol–water partition coefficient (Wildman–Crippen LogP) is 5.18. The molecule has 0 saturated carbocycles. The van der Waals surface area contributed by atoms with Crippen LogP contribution in [0.5, 0.6) is 5.75 Å². The quantitative estimate of drug-likeness (QED) is 0.292. The Morgan fingerprint density at radius 3 is 2.50 bits per heavy atom. The van der Waals surface area contributed by atoms with Crippen molar-refractivity contribution < 1.29 is 14.3 Å². The molecular formula is C31H42N4O3. The number of nitrogens with zero attached hydrogens (tertiary/aromatic N) is 3. The van der Waals surface area contributed by atoms with Crippen LogP contribution in [-0.2, 0) is 16.1 Å². The second-order valence-corrected chi connectivity index (χ2v) is 9.67. The molecule has 1 N–H and O–H groups in total. The van der Waals surface area contributed by atoms with Crippen molar-refractivity contribution in [2.45, 2.75) is 39.3 Å². The smallest absolute Gasteiger partial charge is 0.257 e. The third-order valence-electron chi connectivity index (χ3n) is 6.97. The zero-order chi connectivity index (χ0) is 27.5. The number of carbonyl (C=O) groups excluding carboxylic acids is 1. The van der Waals surface area contributed by atoms with Crippen molar-refractivity contribution in [2.75, 3.05) is 40.8 Å². The fraction of sp³-hybridized carbons (Fsp3) is 0.419. The Morgan fingerprint density at radius 2 is 1.87 bits per heavy atom. The molecule has 1 aliphatic rings. The highest BCUT2D eigenvalue weighted by molar-refractivity contribution is 6.13. The van der Waals surface area contributed by atoms with Gasteiger partial charge in [-0.2, -0.15) is 0 Å². The van der Waals surface area contributed by atoms with Crippen molar-refractivity contribution in [3.63, 3.8) is 0 Å². The van der Waals surface area contributed by atoms with Gasteiger partial charge in [0.25, 0.3) is 5.91 Å². The highest BCUT2D eigenvalue weighted by Crippen LogP contribution is 2.27. The van der Waals surface area contributed by atoms with E-state index in [0.717, 1.165) is 48.5 Å². The minimum atomic E-state index is -0.0370. The van der Waals surface area contributed by atoms with Gasteiger partial charge in [-0.15, -0.1) is 0 Å². The van der Waals surface area contributed by atoms with Crippen LogP contribution in [-0.4, -0.2) is 62.8 Å².